The lowest BCUT2D eigenvalue weighted by Crippen LogP contribution is -2.24. The van der Waals surface area contributed by atoms with Gasteiger partial charge in [0.25, 0.3) is 5.56 Å². The smallest absolute Gasteiger partial charge is 0.337 e. The van der Waals surface area contributed by atoms with Crippen LogP contribution in [0.1, 0.15) is 30.6 Å². The van der Waals surface area contributed by atoms with Crippen molar-refractivity contribution < 1.29 is 14.3 Å². The molecule has 4 aromatic rings. The fraction of sp³-hybridized carbons (Fsp3) is 0.292. The predicted molar refractivity (Wildman–Crippen MR) is 131 cm³/mol. The third kappa shape index (κ3) is 4.81. The Hall–Kier alpha value is -3.66. The van der Waals surface area contributed by atoms with Crippen molar-refractivity contribution in [1.29, 1.82) is 0 Å². The molecule has 0 aliphatic carbocycles. The van der Waals surface area contributed by atoms with Crippen LogP contribution in [0.4, 0.5) is 5.69 Å². The number of carbonyl (C=O) groups is 2. The molecular formula is C24H25N5O4S. The van der Waals surface area contributed by atoms with E-state index in [0.717, 1.165) is 6.42 Å². The molecule has 0 atom stereocenters. The summed E-state index contributed by atoms with van der Waals surface area (Å²) in [5, 5.41) is 12.5. The van der Waals surface area contributed by atoms with E-state index in [2.05, 4.69) is 34.1 Å². The Labute approximate surface area is 200 Å². The monoisotopic (exact) mass is 479 g/mol. The van der Waals surface area contributed by atoms with Crippen LogP contribution < -0.4 is 10.9 Å². The van der Waals surface area contributed by atoms with Gasteiger partial charge in [-0.15, -0.1) is 10.2 Å². The molecule has 4 rings (SSSR count). The number of ether oxygens (including phenoxy) is 1. The molecule has 1 amide bonds. The number of hydrogen-bond donors (Lipinski definition) is 1. The zero-order chi connectivity index (χ0) is 24.2. The Morgan fingerprint density at radius 1 is 1.09 bits per heavy atom. The van der Waals surface area contributed by atoms with E-state index in [9.17, 15) is 14.4 Å². The second-order valence-electron chi connectivity index (χ2n) is 8.18. The number of esters is 1. The zero-order valence-corrected chi connectivity index (χ0v) is 20.0. The Kier molecular flexibility index (Phi) is 6.97. The van der Waals surface area contributed by atoms with E-state index in [-0.39, 0.29) is 17.2 Å². The normalized spacial score (nSPS) is 11.3. The van der Waals surface area contributed by atoms with Gasteiger partial charge >= 0.3 is 5.97 Å². The number of nitrogens with zero attached hydrogens (tertiary/aromatic N) is 4. The number of para-hydroxylation sites is 1. The van der Waals surface area contributed by atoms with Crippen LogP contribution in [0.15, 0.2) is 58.5 Å². The fourth-order valence-electron chi connectivity index (χ4n) is 3.55. The maximum Gasteiger partial charge on any atom is 0.337 e. The van der Waals surface area contributed by atoms with Crippen molar-refractivity contribution in [2.75, 3.05) is 18.2 Å². The molecule has 1 N–H and O–H groups in total. The van der Waals surface area contributed by atoms with Gasteiger partial charge in [0.2, 0.25) is 11.7 Å². The highest BCUT2D eigenvalue weighted by Gasteiger charge is 2.18. The minimum absolute atomic E-state index is 0.0962. The molecule has 0 saturated heterocycles. The standard InChI is InChI=1S/C24H25N5O4S/c1-15(2)12-13-28-21(31)18-6-4-5-7-19(18)29-23(28)26-27-24(29)34-14-20(30)25-17-10-8-16(9-11-17)22(32)33-3/h4-11,15H,12-14H2,1-3H3,(H,25,30). The maximum atomic E-state index is 13.1. The van der Waals surface area contributed by atoms with Crippen LogP contribution in [0.5, 0.6) is 0 Å². The third-order valence-corrected chi connectivity index (χ3v) is 6.26. The summed E-state index contributed by atoms with van der Waals surface area (Å²) in [7, 11) is 1.32. The van der Waals surface area contributed by atoms with E-state index in [1.54, 1.807) is 34.9 Å². The zero-order valence-electron chi connectivity index (χ0n) is 19.1. The highest BCUT2D eigenvalue weighted by Crippen LogP contribution is 2.22. The Morgan fingerprint density at radius 2 is 1.82 bits per heavy atom. The first kappa shape index (κ1) is 23.5. The van der Waals surface area contributed by atoms with Gasteiger partial charge in [0.05, 0.1) is 29.3 Å². The molecule has 0 aliphatic rings. The van der Waals surface area contributed by atoms with Crippen LogP contribution in [0, 0.1) is 5.92 Å². The van der Waals surface area contributed by atoms with E-state index in [1.165, 1.54) is 18.9 Å². The van der Waals surface area contributed by atoms with Gasteiger partial charge in [0.1, 0.15) is 0 Å². The van der Waals surface area contributed by atoms with Crippen LogP contribution in [0.3, 0.4) is 0 Å². The van der Waals surface area contributed by atoms with Crippen molar-refractivity contribution in [2.45, 2.75) is 32.0 Å². The molecule has 10 heteroatoms. The summed E-state index contributed by atoms with van der Waals surface area (Å²) in [6.07, 6.45) is 0.834. The SMILES string of the molecule is COC(=O)c1ccc(NC(=O)CSc2nnc3n(CCC(C)C)c(=O)c4ccccc4n23)cc1. The maximum absolute atomic E-state index is 13.1. The van der Waals surface area contributed by atoms with Crippen LogP contribution in [-0.2, 0) is 16.1 Å². The Bertz CT molecular complexity index is 1410. The molecule has 2 aromatic heterocycles. The number of aromatic nitrogens is 4. The second-order valence-corrected chi connectivity index (χ2v) is 9.12. The predicted octanol–water partition coefficient (Wildman–Crippen LogP) is 3.61. The Balaban J connectivity index is 1.57. The van der Waals surface area contributed by atoms with Crippen molar-refractivity contribution in [1.82, 2.24) is 19.2 Å². The lowest BCUT2D eigenvalue weighted by atomic mass is 10.1. The molecule has 176 valence electrons. The van der Waals surface area contributed by atoms with Crippen LogP contribution in [-0.4, -0.2) is 43.9 Å². The minimum atomic E-state index is -0.439. The average molecular weight is 480 g/mol. The largest absolute Gasteiger partial charge is 0.465 e. The van der Waals surface area contributed by atoms with Gasteiger partial charge in [-0.2, -0.15) is 0 Å². The van der Waals surface area contributed by atoms with Crippen LogP contribution >= 0.6 is 11.8 Å². The summed E-state index contributed by atoms with van der Waals surface area (Å²) in [4.78, 5) is 37.2. The lowest BCUT2D eigenvalue weighted by Gasteiger charge is -2.12. The number of anilines is 1. The highest BCUT2D eigenvalue weighted by molar-refractivity contribution is 7.99. The van der Waals surface area contributed by atoms with E-state index >= 15 is 0 Å². The fourth-order valence-corrected chi connectivity index (χ4v) is 4.29. The summed E-state index contributed by atoms with van der Waals surface area (Å²) in [6, 6.07) is 13.8. The molecule has 9 nitrogen and oxygen atoms in total. The number of hydrogen-bond acceptors (Lipinski definition) is 7. The van der Waals surface area contributed by atoms with Gasteiger partial charge in [0, 0.05) is 12.2 Å². The molecule has 0 bridgehead atoms. The van der Waals surface area contributed by atoms with Crippen molar-refractivity contribution in [3.8, 4) is 0 Å². The van der Waals surface area contributed by atoms with Crippen molar-refractivity contribution in [2.24, 2.45) is 5.92 Å². The summed E-state index contributed by atoms with van der Waals surface area (Å²) in [6.45, 7) is 4.75. The average Bonchev–Trinajstić information content (AvgIpc) is 3.26. The number of amides is 1. The molecular weight excluding hydrogens is 454 g/mol. The number of thioether (sulfide) groups is 1. The van der Waals surface area contributed by atoms with Gasteiger partial charge in [-0.25, -0.2) is 4.79 Å². The molecule has 0 unspecified atom stereocenters. The quantitative estimate of drug-likeness (QED) is 0.304. The summed E-state index contributed by atoms with van der Waals surface area (Å²) >= 11 is 1.24. The van der Waals surface area contributed by atoms with Gasteiger partial charge in [-0.05, 0) is 48.7 Å². The number of rotatable bonds is 8. The summed E-state index contributed by atoms with van der Waals surface area (Å²) in [5.74, 6) is 0.321. The summed E-state index contributed by atoms with van der Waals surface area (Å²) in [5.41, 5.74) is 1.58. The molecule has 0 fully saturated rings. The molecule has 0 radical (unpaired) electrons. The molecule has 2 aromatic carbocycles. The molecule has 34 heavy (non-hydrogen) atoms. The van der Waals surface area contributed by atoms with Crippen LogP contribution in [0.2, 0.25) is 0 Å². The first-order valence-corrected chi connectivity index (χ1v) is 11.8. The van der Waals surface area contributed by atoms with Gasteiger partial charge in [-0.1, -0.05) is 37.7 Å². The van der Waals surface area contributed by atoms with Gasteiger partial charge in [0.15, 0.2) is 5.16 Å². The number of methoxy groups -OCH3 is 1. The summed E-state index contributed by atoms with van der Waals surface area (Å²) < 4.78 is 8.17. The molecule has 2 heterocycles. The van der Waals surface area contributed by atoms with Gasteiger partial charge < -0.3 is 10.1 Å². The van der Waals surface area contributed by atoms with Crippen molar-refractivity contribution in [3.05, 3.63) is 64.4 Å². The minimum Gasteiger partial charge on any atom is -0.465 e. The number of fused-ring (bicyclic) bond motifs is 3. The molecule has 0 spiro atoms. The van der Waals surface area contributed by atoms with Crippen LogP contribution in [0.25, 0.3) is 16.7 Å². The first-order chi connectivity index (χ1) is 16.4. The van der Waals surface area contributed by atoms with E-state index in [4.69, 9.17) is 0 Å². The molecule has 0 aliphatic heterocycles. The van der Waals surface area contributed by atoms with E-state index in [1.807, 2.05) is 22.6 Å². The molecule has 0 saturated carbocycles. The Morgan fingerprint density at radius 3 is 2.53 bits per heavy atom. The van der Waals surface area contributed by atoms with Crippen molar-refractivity contribution >= 4 is 46.0 Å². The van der Waals surface area contributed by atoms with Crippen molar-refractivity contribution in [3.63, 3.8) is 0 Å². The topological polar surface area (TPSA) is 108 Å². The first-order valence-electron chi connectivity index (χ1n) is 10.9. The second kappa shape index (κ2) is 10.1. The highest BCUT2D eigenvalue weighted by atomic mass is 32.2. The van der Waals surface area contributed by atoms with E-state index in [0.29, 0.717) is 45.6 Å². The number of carbonyl (C=O) groups excluding carboxylic acids is 2. The third-order valence-electron chi connectivity index (χ3n) is 5.33. The number of benzene rings is 2. The number of nitrogens with one attached hydrogen (secondary N) is 1. The van der Waals surface area contributed by atoms with Gasteiger partial charge in [-0.3, -0.25) is 18.6 Å². The lowest BCUT2D eigenvalue weighted by molar-refractivity contribution is -0.113. The van der Waals surface area contributed by atoms with E-state index < -0.39 is 5.97 Å². The number of aryl methyl sites for hydroxylation is 1.